The molecule has 0 aliphatic rings. The van der Waals surface area contributed by atoms with Gasteiger partial charge in [0.15, 0.2) is 6.10 Å². The lowest BCUT2D eigenvalue weighted by Crippen LogP contribution is -2.37. The van der Waals surface area contributed by atoms with Gasteiger partial charge < -0.3 is 19.5 Å². The molecule has 27 heavy (non-hydrogen) atoms. The fourth-order valence-corrected chi connectivity index (χ4v) is 2.45. The van der Waals surface area contributed by atoms with Crippen LogP contribution in [0.3, 0.4) is 0 Å². The molecule has 1 N–H and O–H groups in total. The lowest BCUT2D eigenvalue weighted by Gasteiger charge is -2.16. The third-order valence-corrected chi connectivity index (χ3v) is 3.91. The Labute approximate surface area is 157 Å². The molecule has 0 aliphatic carbocycles. The number of benzene rings is 2. The molecule has 0 saturated heterocycles. The molecule has 1 atom stereocenters. The minimum Gasteiger partial charge on any atom is -0.496 e. The first-order valence-corrected chi connectivity index (χ1v) is 8.40. The van der Waals surface area contributed by atoms with Gasteiger partial charge in [-0.05, 0) is 43.2 Å². The summed E-state index contributed by atoms with van der Waals surface area (Å²) in [7, 11) is 2.86. The van der Waals surface area contributed by atoms with E-state index in [-0.39, 0.29) is 11.4 Å². The van der Waals surface area contributed by atoms with Gasteiger partial charge in [-0.3, -0.25) is 4.79 Å². The Hall–Kier alpha value is -3.09. The Bertz CT molecular complexity index is 769. The molecule has 0 radical (unpaired) electrons. The van der Waals surface area contributed by atoms with Crippen LogP contribution in [-0.2, 0) is 16.0 Å². The van der Waals surface area contributed by atoms with Crippen molar-refractivity contribution in [1.82, 2.24) is 5.32 Å². The summed E-state index contributed by atoms with van der Waals surface area (Å²) >= 11 is 0. The van der Waals surface area contributed by atoms with Crippen molar-refractivity contribution in [3.8, 4) is 11.5 Å². The van der Waals surface area contributed by atoms with Crippen LogP contribution in [0.4, 0.5) is 4.39 Å². The van der Waals surface area contributed by atoms with Gasteiger partial charge in [-0.1, -0.05) is 18.2 Å². The van der Waals surface area contributed by atoms with Crippen LogP contribution in [0.1, 0.15) is 22.8 Å². The summed E-state index contributed by atoms with van der Waals surface area (Å²) < 4.78 is 28.4. The van der Waals surface area contributed by atoms with Gasteiger partial charge in [0.1, 0.15) is 22.9 Å². The monoisotopic (exact) mass is 375 g/mol. The summed E-state index contributed by atoms with van der Waals surface area (Å²) in [6, 6.07) is 10.9. The number of methoxy groups -OCH3 is 2. The van der Waals surface area contributed by atoms with Crippen LogP contribution in [0, 0.1) is 5.82 Å². The smallest absolute Gasteiger partial charge is 0.346 e. The SMILES string of the molecule is COc1cccc(OC)c1C(=O)O[C@H](C)C(=O)NCCc1ccc(F)cc1. The van der Waals surface area contributed by atoms with Gasteiger partial charge in [-0.2, -0.15) is 0 Å². The van der Waals surface area contributed by atoms with E-state index in [9.17, 15) is 14.0 Å². The molecule has 0 saturated carbocycles. The molecule has 0 spiro atoms. The van der Waals surface area contributed by atoms with Crippen LogP contribution in [0.2, 0.25) is 0 Å². The van der Waals surface area contributed by atoms with Gasteiger partial charge in [0.25, 0.3) is 5.91 Å². The first-order valence-electron chi connectivity index (χ1n) is 8.40. The highest BCUT2D eigenvalue weighted by Crippen LogP contribution is 2.29. The van der Waals surface area contributed by atoms with Crippen molar-refractivity contribution in [3.63, 3.8) is 0 Å². The highest BCUT2D eigenvalue weighted by Gasteiger charge is 2.24. The van der Waals surface area contributed by atoms with Crippen LogP contribution in [0.5, 0.6) is 11.5 Å². The second kappa shape index (κ2) is 9.56. The van der Waals surface area contributed by atoms with E-state index in [2.05, 4.69) is 5.32 Å². The molecule has 2 rings (SSSR count). The molecule has 144 valence electrons. The minimum atomic E-state index is -1.000. The van der Waals surface area contributed by atoms with E-state index in [1.165, 1.54) is 33.3 Å². The number of carbonyl (C=O) groups is 2. The van der Waals surface area contributed by atoms with E-state index in [4.69, 9.17) is 14.2 Å². The predicted octanol–water partition coefficient (Wildman–Crippen LogP) is 2.75. The van der Waals surface area contributed by atoms with E-state index < -0.39 is 18.0 Å². The zero-order valence-electron chi connectivity index (χ0n) is 15.5. The van der Waals surface area contributed by atoms with Crippen molar-refractivity contribution in [1.29, 1.82) is 0 Å². The molecule has 0 aromatic heterocycles. The van der Waals surface area contributed by atoms with Crippen molar-refractivity contribution in [2.24, 2.45) is 0 Å². The van der Waals surface area contributed by atoms with Gasteiger partial charge in [0.2, 0.25) is 0 Å². The van der Waals surface area contributed by atoms with Gasteiger partial charge in [-0.15, -0.1) is 0 Å². The molecular formula is C20H22FNO5. The molecule has 0 unspecified atom stereocenters. The minimum absolute atomic E-state index is 0.119. The van der Waals surface area contributed by atoms with E-state index in [0.29, 0.717) is 24.5 Å². The average molecular weight is 375 g/mol. The molecule has 0 fully saturated rings. The Kier molecular flexibility index (Phi) is 7.16. The number of amides is 1. The maximum Gasteiger partial charge on any atom is 0.346 e. The number of halogens is 1. The van der Waals surface area contributed by atoms with Gasteiger partial charge in [0.05, 0.1) is 14.2 Å². The normalized spacial score (nSPS) is 11.4. The predicted molar refractivity (Wildman–Crippen MR) is 97.5 cm³/mol. The number of hydrogen-bond acceptors (Lipinski definition) is 5. The second-order valence-electron chi connectivity index (χ2n) is 5.75. The number of nitrogens with one attached hydrogen (secondary N) is 1. The van der Waals surface area contributed by atoms with E-state index in [1.807, 2.05) is 0 Å². The largest absolute Gasteiger partial charge is 0.496 e. The van der Waals surface area contributed by atoms with E-state index in [0.717, 1.165) is 5.56 Å². The summed E-state index contributed by atoms with van der Waals surface area (Å²) in [5.41, 5.74) is 1.01. The third-order valence-electron chi connectivity index (χ3n) is 3.91. The maximum atomic E-state index is 12.9. The number of carbonyl (C=O) groups excluding carboxylic acids is 2. The summed E-state index contributed by atoms with van der Waals surface area (Å²) in [5, 5.41) is 2.69. The Morgan fingerprint density at radius 1 is 1.04 bits per heavy atom. The number of esters is 1. The van der Waals surface area contributed by atoms with Crippen molar-refractivity contribution >= 4 is 11.9 Å². The average Bonchev–Trinajstić information content (AvgIpc) is 2.68. The van der Waals surface area contributed by atoms with Crippen LogP contribution in [-0.4, -0.2) is 38.7 Å². The van der Waals surface area contributed by atoms with Crippen LogP contribution in [0.25, 0.3) is 0 Å². The summed E-state index contributed by atoms with van der Waals surface area (Å²) in [5.74, 6) is -0.869. The number of ether oxygens (including phenoxy) is 3. The molecule has 0 heterocycles. The van der Waals surface area contributed by atoms with Crippen molar-refractivity contribution in [3.05, 3.63) is 59.4 Å². The standard InChI is InChI=1S/C20H22FNO5/c1-13(19(23)22-12-11-14-7-9-15(21)10-8-14)27-20(24)18-16(25-2)5-4-6-17(18)26-3/h4-10,13H,11-12H2,1-3H3,(H,22,23)/t13-/m1/s1. The highest BCUT2D eigenvalue weighted by atomic mass is 19.1. The van der Waals surface area contributed by atoms with Gasteiger partial charge >= 0.3 is 5.97 Å². The number of hydrogen-bond donors (Lipinski definition) is 1. The molecular weight excluding hydrogens is 353 g/mol. The molecule has 0 bridgehead atoms. The fraction of sp³-hybridized carbons (Fsp3) is 0.300. The molecule has 7 heteroatoms. The van der Waals surface area contributed by atoms with Crippen molar-refractivity contribution < 1.29 is 28.2 Å². The Balaban J connectivity index is 1.92. The molecule has 2 aromatic carbocycles. The molecule has 2 aromatic rings. The molecule has 6 nitrogen and oxygen atoms in total. The van der Waals surface area contributed by atoms with Gasteiger partial charge in [0, 0.05) is 6.54 Å². The Morgan fingerprint density at radius 3 is 2.19 bits per heavy atom. The second-order valence-corrected chi connectivity index (χ2v) is 5.75. The third kappa shape index (κ3) is 5.44. The highest BCUT2D eigenvalue weighted by molar-refractivity contribution is 5.97. The first-order chi connectivity index (χ1) is 13.0. The summed E-state index contributed by atoms with van der Waals surface area (Å²) in [6.07, 6.45) is -0.465. The topological polar surface area (TPSA) is 73.9 Å². The summed E-state index contributed by atoms with van der Waals surface area (Å²) in [6.45, 7) is 1.82. The quantitative estimate of drug-likeness (QED) is 0.718. The lowest BCUT2D eigenvalue weighted by molar-refractivity contribution is -0.129. The van der Waals surface area contributed by atoms with Crippen molar-refractivity contribution in [2.75, 3.05) is 20.8 Å². The van der Waals surface area contributed by atoms with Crippen LogP contribution >= 0.6 is 0 Å². The van der Waals surface area contributed by atoms with E-state index >= 15 is 0 Å². The van der Waals surface area contributed by atoms with Gasteiger partial charge in [-0.25, -0.2) is 9.18 Å². The van der Waals surface area contributed by atoms with Crippen molar-refractivity contribution in [2.45, 2.75) is 19.4 Å². The summed E-state index contributed by atoms with van der Waals surface area (Å²) in [4.78, 5) is 24.6. The first kappa shape index (κ1) is 20.2. The van der Waals surface area contributed by atoms with E-state index in [1.54, 1.807) is 30.3 Å². The Morgan fingerprint density at radius 2 is 1.63 bits per heavy atom. The molecule has 0 aliphatic heterocycles. The zero-order chi connectivity index (χ0) is 19.8. The van der Waals surface area contributed by atoms with Crippen LogP contribution < -0.4 is 14.8 Å². The van der Waals surface area contributed by atoms with Crippen LogP contribution in [0.15, 0.2) is 42.5 Å². The lowest BCUT2D eigenvalue weighted by atomic mass is 10.1. The zero-order valence-corrected chi connectivity index (χ0v) is 15.5. The molecule has 1 amide bonds. The fourth-order valence-electron chi connectivity index (χ4n) is 2.45. The maximum absolute atomic E-state index is 12.9. The number of rotatable bonds is 8.